The molecule has 0 aromatic heterocycles. The fraction of sp³-hybridized carbons (Fsp3) is 0.484. The van der Waals surface area contributed by atoms with Gasteiger partial charge in [-0.2, -0.15) is 5.26 Å². The number of ether oxygens (including phenoxy) is 5. The number of phenols is 1. The minimum absolute atomic E-state index is 0.0240. The van der Waals surface area contributed by atoms with Crippen molar-refractivity contribution in [3.05, 3.63) is 39.4 Å². The lowest BCUT2D eigenvalue weighted by Crippen LogP contribution is -2.69. The number of esters is 2. The van der Waals surface area contributed by atoms with Crippen LogP contribution in [0.25, 0.3) is 0 Å². The van der Waals surface area contributed by atoms with Gasteiger partial charge in [-0.25, -0.2) is 4.79 Å². The molecule has 5 heterocycles. The highest BCUT2D eigenvalue weighted by atomic mass is 32.2. The molecular formula is C31H31N3O9S. The van der Waals surface area contributed by atoms with E-state index in [2.05, 4.69) is 15.9 Å². The highest BCUT2D eigenvalue weighted by Crippen LogP contribution is 2.63. The molecule has 2 aromatic rings. The van der Waals surface area contributed by atoms with Gasteiger partial charge in [-0.3, -0.25) is 19.4 Å². The van der Waals surface area contributed by atoms with Gasteiger partial charge in [0.2, 0.25) is 12.6 Å². The molecule has 2 unspecified atom stereocenters. The van der Waals surface area contributed by atoms with Crippen molar-refractivity contribution in [3.63, 3.8) is 0 Å². The molecule has 2 fully saturated rings. The van der Waals surface area contributed by atoms with Gasteiger partial charge in [0.15, 0.2) is 23.0 Å². The summed E-state index contributed by atoms with van der Waals surface area (Å²) >= 11 is 1.22. The number of nitriles is 1. The van der Waals surface area contributed by atoms with Gasteiger partial charge in [-0.15, -0.1) is 11.8 Å². The van der Waals surface area contributed by atoms with Crippen LogP contribution < -0.4 is 18.9 Å². The quantitative estimate of drug-likeness (QED) is 0.298. The molecular weight excluding hydrogens is 590 g/mol. The number of benzene rings is 2. The summed E-state index contributed by atoms with van der Waals surface area (Å²) in [5.41, 5.74) is 4.16. The third-order valence-electron chi connectivity index (χ3n) is 9.54. The maximum absolute atomic E-state index is 12.9. The summed E-state index contributed by atoms with van der Waals surface area (Å²) in [4.78, 5) is 42.3. The number of phenolic OH excluding ortho intramolecular Hbond substituents is 1. The first-order valence-electron chi connectivity index (χ1n) is 14.3. The normalized spacial score (nSPS) is 28.7. The first kappa shape index (κ1) is 28.8. The van der Waals surface area contributed by atoms with Crippen molar-refractivity contribution in [2.24, 2.45) is 0 Å². The summed E-state index contributed by atoms with van der Waals surface area (Å²) in [7, 11) is 3.45. The molecule has 0 saturated carbocycles. The number of aromatic hydroxyl groups is 1. The lowest BCUT2D eigenvalue weighted by atomic mass is 9.71. The van der Waals surface area contributed by atoms with Crippen LogP contribution in [0.4, 0.5) is 0 Å². The number of methoxy groups -OCH3 is 1. The first-order chi connectivity index (χ1) is 21.1. The summed E-state index contributed by atoms with van der Waals surface area (Å²) in [6.07, 6.45) is 0.488. The van der Waals surface area contributed by atoms with Crippen LogP contribution in [0.3, 0.4) is 0 Å². The van der Waals surface area contributed by atoms with Gasteiger partial charge < -0.3 is 28.8 Å². The molecule has 6 atom stereocenters. The molecule has 1 N–H and O–H groups in total. The molecule has 4 bridgehead atoms. The van der Waals surface area contributed by atoms with E-state index in [-0.39, 0.29) is 30.9 Å². The maximum Gasteiger partial charge on any atom is 0.375 e. The molecule has 5 aliphatic heterocycles. The van der Waals surface area contributed by atoms with Crippen LogP contribution in [0, 0.1) is 25.2 Å². The molecule has 0 spiro atoms. The fourth-order valence-electron chi connectivity index (χ4n) is 7.90. The molecule has 12 nitrogen and oxygen atoms in total. The Kier molecular flexibility index (Phi) is 6.73. The topological polar surface area (TPSA) is 148 Å². The van der Waals surface area contributed by atoms with Gasteiger partial charge in [-0.05, 0) is 38.4 Å². The Morgan fingerprint density at radius 3 is 2.59 bits per heavy atom. The molecule has 2 aromatic carbocycles. The Morgan fingerprint density at radius 2 is 1.89 bits per heavy atom. The molecule has 0 aliphatic carbocycles. The van der Waals surface area contributed by atoms with Crippen LogP contribution in [0.2, 0.25) is 0 Å². The minimum atomic E-state index is -0.949. The number of hydrogen-bond donors (Lipinski definition) is 1. The Morgan fingerprint density at radius 1 is 1.14 bits per heavy atom. The Labute approximate surface area is 257 Å². The number of fused-ring (bicyclic) bond motifs is 9. The summed E-state index contributed by atoms with van der Waals surface area (Å²) in [6, 6.07) is 1.81. The Balaban J connectivity index is 1.57. The van der Waals surface area contributed by atoms with Crippen molar-refractivity contribution in [3.8, 4) is 34.8 Å². The van der Waals surface area contributed by atoms with E-state index >= 15 is 0 Å². The van der Waals surface area contributed by atoms with Crippen molar-refractivity contribution < 1.29 is 43.2 Å². The highest BCUT2D eigenvalue weighted by molar-refractivity contribution is 8.00. The predicted octanol–water partition coefficient (Wildman–Crippen LogP) is 2.80. The predicted molar refractivity (Wildman–Crippen MR) is 155 cm³/mol. The largest absolute Gasteiger partial charge is 0.504 e. The number of nitrogens with zero attached hydrogens (tertiary/aromatic N) is 3. The maximum atomic E-state index is 12.9. The second-order valence-electron chi connectivity index (χ2n) is 11.8. The molecule has 13 heteroatoms. The highest BCUT2D eigenvalue weighted by Gasteiger charge is 2.60. The van der Waals surface area contributed by atoms with Crippen molar-refractivity contribution in [1.82, 2.24) is 9.80 Å². The van der Waals surface area contributed by atoms with Crippen LogP contribution >= 0.6 is 11.8 Å². The molecule has 5 aliphatic rings. The fourth-order valence-corrected chi connectivity index (χ4v) is 9.23. The molecule has 2 saturated heterocycles. The zero-order valence-corrected chi connectivity index (χ0v) is 25.6. The van der Waals surface area contributed by atoms with Crippen molar-refractivity contribution in [2.45, 2.75) is 62.7 Å². The third-order valence-corrected chi connectivity index (χ3v) is 10.8. The molecule has 7 rings (SSSR count). The molecule has 230 valence electrons. The number of Topliss-reactive ketones (excluding diaryl/α,β-unsaturated/α-hetero) is 1. The van der Waals surface area contributed by atoms with Crippen LogP contribution in [-0.2, 0) is 25.5 Å². The number of carbonyl (C=O) groups is 3. The molecule has 0 radical (unpaired) electrons. The van der Waals surface area contributed by atoms with Crippen molar-refractivity contribution in [2.75, 3.05) is 33.3 Å². The van der Waals surface area contributed by atoms with Gasteiger partial charge in [-0.1, -0.05) is 6.07 Å². The van der Waals surface area contributed by atoms with Gasteiger partial charge in [0, 0.05) is 41.3 Å². The average Bonchev–Trinajstić information content (AvgIpc) is 3.47. The molecule has 0 amide bonds. The third kappa shape index (κ3) is 3.87. The van der Waals surface area contributed by atoms with Crippen LogP contribution in [0.15, 0.2) is 6.07 Å². The lowest BCUT2D eigenvalue weighted by Gasteiger charge is -2.61. The van der Waals surface area contributed by atoms with E-state index in [1.165, 1.54) is 25.8 Å². The van der Waals surface area contributed by atoms with E-state index in [0.717, 1.165) is 11.1 Å². The number of ketones is 1. The second-order valence-corrected chi connectivity index (χ2v) is 12.9. The summed E-state index contributed by atoms with van der Waals surface area (Å²) < 4.78 is 29.0. The number of piperazine rings is 1. The van der Waals surface area contributed by atoms with Crippen LogP contribution in [0.1, 0.15) is 57.6 Å². The number of rotatable bonds is 2. The number of hydrogen-bond acceptors (Lipinski definition) is 13. The van der Waals surface area contributed by atoms with Gasteiger partial charge in [0.25, 0.3) is 0 Å². The van der Waals surface area contributed by atoms with Crippen LogP contribution in [-0.4, -0.2) is 84.1 Å². The van der Waals surface area contributed by atoms with E-state index in [1.54, 1.807) is 6.92 Å². The monoisotopic (exact) mass is 621 g/mol. The van der Waals surface area contributed by atoms with E-state index in [9.17, 15) is 24.8 Å². The average molecular weight is 622 g/mol. The Hall–Kier alpha value is -3.99. The van der Waals surface area contributed by atoms with E-state index in [1.807, 2.05) is 20.0 Å². The standard InChI is InChI=1S/C31H31N3O9S/c1-12-6-15-7-16-17(8-32)34-18-9-40-31(38)19(36)10-44-30(24(34)23(33(16)4)20(15)25(37)26(12)39-5)22-21(18)29-28(41-11-42-29)13(2)27(22)43-14(3)35/h6,16-18,23-24,30,37H,7,9-11H2,1-5H3/t16?,17-,18-,23+,24+,30?/m0/s1. The second kappa shape index (κ2) is 10.3. The van der Waals surface area contributed by atoms with Crippen molar-refractivity contribution >= 4 is 29.5 Å². The molecule has 44 heavy (non-hydrogen) atoms. The van der Waals surface area contributed by atoms with E-state index in [4.69, 9.17) is 23.7 Å². The smallest absolute Gasteiger partial charge is 0.375 e. The van der Waals surface area contributed by atoms with Gasteiger partial charge in [0.1, 0.15) is 18.4 Å². The zero-order chi connectivity index (χ0) is 31.2. The number of cyclic esters (lactones) is 1. The summed E-state index contributed by atoms with van der Waals surface area (Å²) in [5.74, 6) is -0.855. The van der Waals surface area contributed by atoms with Crippen LogP contribution in [0.5, 0.6) is 28.7 Å². The number of likely N-dealkylation sites (N-methyl/N-ethyl adjacent to an activating group) is 1. The zero-order valence-electron chi connectivity index (χ0n) is 24.8. The van der Waals surface area contributed by atoms with E-state index < -0.39 is 47.1 Å². The number of carbonyl (C=O) groups excluding carboxylic acids is 3. The van der Waals surface area contributed by atoms with Gasteiger partial charge >= 0.3 is 11.9 Å². The summed E-state index contributed by atoms with van der Waals surface area (Å²) in [6.45, 7) is 4.65. The number of thioether (sulfide) groups is 1. The first-order valence-corrected chi connectivity index (χ1v) is 15.4. The number of aryl methyl sites for hydroxylation is 1. The lowest BCUT2D eigenvalue weighted by molar-refractivity contribution is -0.157. The van der Waals surface area contributed by atoms with Gasteiger partial charge in [0.05, 0.1) is 36.3 Å². The SMILES string of the molecule is COc1c(C)cc2c(c1O)[C@@H]1[C@@H]3C4SCC(=O)C(=O)OC[C@@H](c5c6c(c(C)c(OC(C)=O)c54)OCO6)N3[C@@H](C#N)C(C2)N1C. The Bertz CT molecular complexity index is 1690. The van der Waals surface area contributed by atoms with Crippen molar-refractivity contribution in [1.29, 1.82) is 5.26 Å². The van der Waals surface area contributed by atoms with E-state index in [0.29, 0.717) is 51.7 Å². The summed E-state index contributed by atoms with van der Waals surface area (Å²) in [5, 5.41) is 21.9. The minimum Gasteiger partial charge on any atom is -0.504 e.